The van der Waals surface area contributed by atoms with Crippen LogP contribution < -0.4 is 15.5 Å². The summed E-state index contributed by atoms with van der Waals surface area (Å²) in [7, 11) is 1.68. The van der Waals surface area contributed by atoms with Crippen molar-refractivity contribution in [1.82, 2.24) is 10.6 Å². The molecule has 6 heteroatoms. The van der Waals surface area contributed by atoms with Gasteiger partial charge in [-0.1, -0.05) is 17.7 Å². The first-order valence-electron chi connectivity index (χ1n) is 6.70. The molecule has 0 aromatic heterocycles. The number of amides is 1. The minimum Gasteiger partial charge on any atom is -0.383 e. The van der Waals surface area contributed by atoms with Crippen molar-refractivity contribution in [3.8, 4) is 0 Å². The van der Waals surface area contributed by atoms with E-state index in [1.54, 1.807) is 7.11 Å². The van der Waals surface area contributed by atoms with E-state index >= 15 is 0 Å². The van der Waals surface area contributed by atoms with Crippen molar-refractivity contribution in [3.05, 3.63) is 28.8 Å². The van der Waals surface area contributed by atoms with Crippen LogP contribution in [0.1, 0.15) is 5.56 Å². The normalized spacial score (nSPS) is 15.3. The molecule has 110 valence electrons. The third-order valence-electron chi connectivity index (χ3n) is 3.22. The molecule has 20 heavy (non-hydrogen) atoms. The number of halogens is 1. The van der Waals surface area contributed by atoms with Crippen LogP contribution in [0, 0.1) is 0 Å². The van der Waals surface area contributed by atoms with Crippen LogP contribution in [0.3, 0.4) is 0 Å². The van der Waals surface area contributed by atoms with Crippen molar-refractivity contribution in [3.63, 3.8) is 0 Å². The van der Waals surface area contributed by atoms with Gasteiger partial charge in [0.05, 0.1) is 13.2 Å². The van der Waals surface area contributed by atoms with E-state index in [9.17, 15) is 4.79 Å². The van der Waals surface area contributed by atoms with E-state index in [1.807, 2.05) is 18.2 Å². The summed E-state index contributed by atoms with van der Waals surface area (Å²) in [5.74, 6) is 0.0505. The second-order valence-corrected chi connectivity index (χ2v) is 5.15. The maximum absolute atomic E-state index is 11.5. The quantitative estimate of drug-likeness (QED) is 0.770. The molecule has 1 amide bonds. The molecule has 2 rings (SSSR count). The summed E-state index contributed by atoms with van der Waals surface area (Å²) in [5, 5.41) is 6.83. The Morgan fingerprint density at radius 3 is 3.10 bits per heavy atom. The standard InChI is InChI=1S/C14H20ClN3O2/c1-20-7-5-16-9-11-2-3-12(15)8-13(11)18-6-4-17-14(19)10-18/h2-3,8,16H,4-7,9-10H2,1H3,(H,17,19). The van der Waals surface area contributed by atoms with Crippen LogP contribution in [0.25, 0.3) is 0 Å². The molecule has 1 aliphatic rings. The predicted molar refractivity (Wildman–Crippen MR) is 80.3 cm³/mol. The molecule has 1 aromatic rings. The fourth-order valence-electron chi connectivity index (χ4n) is 2.22. The maximum atomic E-state index is 11.5. The predicted octanol–water partition coefficient (Wildman–Crippen LogP) is 1.01. The van der Waals surface area contributed by atoms with E-state index in [0.717, 1.165) is 30.9 Å². The minimum absolute atomic E-state index is 0.0505. The van der Waals surface area contributed by atoms with Gasteiger partial charge in [-0.25, -0.2) is 0 Å². The fraction of sp³-hybridized carbons (Fsp3) is 0.500. The van der Waals surface area contributed by atoms with E-state index in [1.165, 1.54) is 0 Å². The van der Waals surface area contributed by atoms with Crippen LogP contribution >= 0.6 is 11.6 Å². The van der Waals surface area contributed by atoms with E-state index in [2.05, 4.69) is 15.5 Å². The van der Waals surface area contributed by atoms with E-state index in [0.29, 0.717) is 24.7 Å². The Hall–Kier alpha value is -1.30. The molecular formula is C14H20ClN3O2. The summed E-state index contributed by atoms with van der Waals surface area (Å²) < 4.78 is 5.01. The molecule has 1 fully saturated rings. The van der Waals surface area contributed by atoms with Gasteiger partial charge in [-0.05, 0) is 17.7 Å². The first-order chi connectivity index (χ1) is 9.70. The zero-order valence-electron chi connectivity index (χ0n) is 11.6. The summed E-state index contributed by atoms with van der Waals surface area (Å²) in [5.41, 5.74) is 2.16. The molecule has 1 heterocycles. The van der Waals surface area contributed by atoms with Crippen LogP contribution in [0.4, 0.5) is 5.69 Å². The Labute approximate surface area is 124 Å². The zero-order chi connectivity index (χ0) is 14.4. The van der Waals surface area contributed by atoms with Gasteiger partial charge in [0.15, 0.2) is 0 Å². The summed E-state index contributed by atoms with van der Waals surface area (Å²) >= 11 is 6.09. The molecule has 0 aliphatic carbocycles. The van der Waals surface area contributed by atoms with Crippen LogP contribution in [0.15, 0.2) is 18.2 Å². The fourth-order valence-corrected chi connectivity index (χ4v) is 2.39. The van der Waals surface area contributed by atoms with Gasteiger partial charge in [0, 0.05) is 44.0 Å². The van der Waals surface area contributed by atoms with Gasteiger partial charge in [-0.2, -0.15) is 0 Å². The van der Waals surface area contributed by atoms with Crippen molar-refractivity contribution >= 4 is 23.2 Å². The minimum atomic E-state index is 0.0505. The molecule has 0 atom stereocenters. The maximum Gasteiger partial charge on any atom is 0.239 e. The summed E-state index contributed by atoms with van der Waals surface area (Å²) in [4.78, 5) is 13.6. The highest BCUT2D eigenvalue weighted by atomic mass is 35.5. The Bertz CT molecular complexity index is 468. The summed E-state index contributed by atoms with van der Waals surface area (Å²) in [6.45, 7) is 4.05. The molecule has 0 radical (unpaired) electrons. The second-order valence-electron chi connectivity index (χ2n) is 4.71. The average molecular weight is 298 g/mol. The summed E-state index contributed by atoms with van der Waals surface area (Å²) in [6, 6.07) is 5.81. The molecule has 5 nitrogen and oxygen atoms in total. The number of methoxy groups -OCH3 is 1. The monoisotopic (exact) mass is 297 g/mol. The number of benzene rings is 1. The number of piperazine rings is 1. The van der Waals surface area contributed by atoms with Crippen molar-refractivity contribution in [2.45, 2.75) is 6.54 Å². The molecule has 1 saturated heterocycles. The van der Waals surface area contributed by atoms with E-state index in [4.69, 9.17) is 16.3 Å². The number of carbonyl (C=O) groups is 1. The number of hydrogen-bond donors (Lipinski definition) is 2. The molecule has 1 aromatic carbocycles. The zero-order valence-corrected chi connectivity index (χ0v) is 12.4. The van der Waals surface area contributed by atoms with Gasteiger partial charge >= 0.3 is 0 Å². The molecule has 2 N–H and O–H groups in total. The number of nitrogens with zero attached hydrogens (tertiary/aromatic N) is 1. The molecule has 0 bridgehead atoms. The highest BCUT2D eigenvalue weighted by molar-refractivity contribution is 6.30. The lowest BCUT2D eigenvalue weighted by molar-refractivity contribution is -0.120. The van der Waals surface area contributed by atoms with Gasteiger partial charge in [0.2, 0.25) is 5.91 Å². The third-order valence-corrected chi connectivity index (χ3v) is 3.46. The molecule has 1 aliphatic heterocycles. The van der Waals surface area contributed by atoms with E-state index < -0.39 is 0 Å². The lowest BCUT2D eigenvalue weighted by atomic mass is 10.1. The second kappa shape index (κ2) is 7.47. The van der Waals surface area contributed by atoms with Crippen LogP contribution in [0.2, 0.25) is 5.02 Å². The van der Waals surface area contributed by atoms with Gasteiger partial charge in [0.1, 0.15) is 0 Å². The third kappa shape index (κ3) is 4.10. The topological polar surface area (TPSA) is 53.6 Å². The van der Waals surface area contributed by atoms with Crippen molar-refractivity contribution in [1.29, 1.82) is 0 Å². The van der Waals surface area contributed by atoms with Crippen molar-refractivity contribution in [2.24, 2.45) is 0 Å². The largest absolute Gasteiger partial charge is 0.383 e. The highest BCUT2D eigenvalue weighted by Gasteiger charge is 2.19. The first kappa shape index (κ1) is 15.1. The van der Waals surface area contributed by atoms with Crippen LogP contribution in [-0.2, 0) is 16.1 Å². The van der Waals surface area contributed by atoms with E-state index in [-0.39, 0.29) is 5.91 Å². The first-order valence-corrected chi connectivity index (χ1v) is 7.08. The molecule has 0 spiro atoms. The van der Waals surface area contributed by atoms with Gasteiger partial charge < -0.3 is 20.3 Å². The number of anilines is 1. The number of rotatable bonds is 6. The van der Waals surface area contributed by atoms with Gasteiger partial charge in [-0.15, -0.1) is 0 Å². The molecule has 0 saturated carbocycles. The number of carbonyl (C=O) groups excluding carboxylic acids is 1. The van der Waals surface area contributed by atoms with Crippen LogP contribution in [-0.4, -0.2) is 45.8 Å². The van der Waals surface area contributed by atoms with Crippen molar-refractivity contribution < 1.29 is 9.53 Å². The highest BCUT2D eigenvalue weighted by Crippen LogP contribution is 2.25. The lowest BCUT2D eigenvalue weighted by Gasteiger charge is -2.30. The molecular weight excluding hydrogens is 278 g/mol. The average Bonchev–Trinajstić information content (AvgIpc) is 2.45. The number of nitrogens with one attached hydrogen (secondary N) is 2. The van der Waals surface area contributed by atoms with Gasteiger partial charge in [0.25, 0.3) is 0 Å². The Kier molecular flexibility index (Phi) is 5.64. The SMILES string of the molecule is COCCNCc1ccc(Cl)cc1N1CCNC(=O)C1. The smallest absolute Gasteiger partial charge is 0.239 e. The molecule has 0 unspecified atom stereocenters. The summed E-state index contributed by atoms with van der Waals surface area (Å²) in [6.07, 6.45) is 0. The lowest BCUT2D eigenvalue weighted by Crippen LogP contribution is -2.48. The van der Waals surface area contributed by atoms with Crippen LogP contribution in [0.5, 0.6) is 0 Å². The van der Waals surface area contributed by atoms with Crippen molar-refractivity contribution in [2.75, 3.05) is 44.8 Å². The van der Waals surface area contributed by atoms with Gasteiger partial charge in [-0.3, -0.25) is 4.79 Å². The number of ether oxygens (including phenoxy) is 1. The Morgan fingerprint density at radius 2 is 2.35 bits per heavy atom. The Morgan fingerprint density at radius 1 is 1.50 bits per heavy atom. The number of hydrogen-bond acceptors (Lipinski definition) is 4. The Balaban J connectivity index is 2.08.